The number of nitrogens with one attached hydrogen (secondary N) is 2. The average molecular weight is 420 g/mol. The maximum atomic E-state index is 12.7. The Morgan fingerprint density at radius 1 is 1.03 bits per heavy atom. The van der Waals surface area contributed by atoms with Crippen molar-refractivity contribution in [2.24, 2.45) is 0 Å². The molecule has 0 saturated carbocycles. The number of carbonyl (C=O) groups excluding carboxylic acids is 1. The summed E-state index contributed by atoms with van der Waals surface area (Å²) in [5.74, 6) is -0.391. The van der Waals surface area contributed by atoms with Crippen molar-refractivity contribution in [2.75, 3.05) is 50.0 Å². The van der Waals surface area contributed by atoms with Gasteiger partial charge in [0.25, 0.3) is 11.6 Å². The minimum Gasteiger partial charge on any atom is -0.379 e. The lowest BCUT2D eigenvalue weighted by Gasteiger charge is -2.26. The highest BCUT2D eigenvalue weighted by Crippen LogP contribution is 2.26. The molecule has 0 spiro atoms. The second kappa shape index (κ2) is 9.55. The molecular formula is C23H24N4O4. The molecule has 31 heavy (non-hydrogen) atoms. The molecule has 4 rings (SSSR count). The van der Waals surface area contributed by atoms with Crippen molar-refractivity contribution in [3.8, 4) is 0 Å². The number of hydrogen-bond acceptors (Lipinski definition) is 6. The van der Waals surface area contributed by atoms with E-state index in [4.69, 9.17) is 4.74 Å². The fraction of sp³-hybridized carbons (Fsp3) is 0.261. The van der Waals surface area contributed by atoms with E-state index in [9.17, 15) is 14.9 Å². The number of benzene rings is 3. The van der Waals surface area contributed by atoms with Gasteiger partial charge in [-0.25, -0.2) is 0 Å². The van der Waals surface area contributed by atoms with E-state index in [-0.39, 0.29) is 11.3 Å². The molecular weight excluding hydrogens is 396 g/mol. The van der Waals surface area contributed by atoms with Crippen molar-refractivity contribution in [1.82, 2.24) is 4.90 Å². The Morgan fingerprint density at radius 3 is 2.58 bits per heavy atom. The summed E-state index contributed by atoms with van der Waals surface area (Å²) in [6.07, 6.45) is 0. The van der Waals surface area contributed by atoms with E-state index in [2.05, 4.69) is 15.5 Å². The number of anilines is 2. The summed E-state index contributed by atoms with van der Waals surface area (Å²) < 4.78 is 5.32. The first-order valence-electron chi connectivity index (χ1n) is 10.2. The quantitative estimate of drug-likeness (QED) is 0.446. The zero-order chi connectivity index (χ0) is 21.6. The van der Waals surface area contributed by atoms with E-state index >= 15 is 0 Å². The lowest BCUT2D eigenvalue weighted by atomic mass is 10.1. The van der Waals surface area contributed by atoms with Gasteiger partial charge in [0.05, 0.1) is 18.1 Å². The van der Waals surface area contributed by atoms with Crippen LogP contribution in [0.4, 0.5) is 17.1 Å². The zero-order valence-corrected chi connectivity index (χ0v) is 17.0. The van der Waals surface area contributed by atoms with E-state index in [0.29, 0.717) is 31.1 Å². The fourth-order valence-corrected chi connectivity index (χ4v) is 3.62. The fourth-order valence-electron chi connectivity index (χ4n) is 3.62. The van der Waals surface area contributed by atoms with Crippen molar-refractivity contribution in [3.05, 3.63) is 76.3 Å². The van der Waals surface area contributed by atoms with Crippen LogP contribution in [0, 0.1) is 10.1 Å². The van der Waals surface area contributed by atoms with E-state index in [1.54, 1.807) is 12.1 Å². The first kappa shape index (κ1) is 20.8. The summed E-state index contributed by atoms with van der Waals surface area (Å²) in [7, 11) is 0. The summed E-state index contributed by atoms with van der Waals surface area (Å²) >= 11 is 0. The average Bonchev–Trinajstić information content (AvgIpc) is 2.79. The number of hydrogen-bond donors (Lipinski definition) is 2. The molecule has 0 radical (unpaired) electrons. The van der Waals surface area contributed by atoms with Crippen LogP contribution in [0.5, 0.6) is 0 Å². The molecule has 8 heteroatoms. The Labute approximate surface area is 180 Å². The minimum absolute atomic E-state index is 0.117. The highest BCUT2D eigenvalue weighted by Gasteiger charge is 2.18. The third-order valence-electron chi connectivity index (χ3n) is 5.31. The molecule has 3 aromatic carbocycles. The minimum atomic E-state index is -0.468. The van der Waals surface area contributed by atoms with Gasteiger partial charge in [-0.3, -0.25) is 19.8 Å². The first-order chi connectivity index (χ1) is 15.1. The largest absolute Gasteiger partial charge is 0.379 e. The van der Waals surface area contributed by atoms with Crippen LogP contribution in [0.15, 0.2) is 60.7 Å². The summed E-state index contributed by atoms with van der Waals surface area (Å²) in [6.45, 7) is 4.48. The number of morpholine rings is 1. The number of ether oxygens (including phenoxy) is 1. The van der Waals surface area contributed by atoms with Crippen molar-refractivity contribution in [2.45, 2.75) is 0 Å². The maximum absolute atomic E-state index is 12.7. The lowest BCUT2D eigenvalue weighted by Crippen LogP contribution is -2.39. The van der Waals surface area contributed by atoms with Gasteiger partial charge in [0.2, 0.25) is 0 Å². The second-order valence-corrected chi connectivity index (χ2v) is 7.39. The Balaban J connectivity index is 1.44. The molecule has 1 saturated heterocycles. The van der Waals surface area contributed by atoms with E-state index in [0.717, 1.165) is 30.4 Å². The van der Waals surface area contributed by atoms with Crippen LogP contribution < -0.4 is 10.6 Å². The zero-order valence-electron chi connectivity index (χ0n) is 17.0. The number of fused-ring (bicyclic) bond motifs is 1. The summed E-state index contributed by atoms with van der Waals surface area (Å²) in [5.41, 5.74) is 1.16. The molecule has 8 nitrogen and oxygen atoms in total. The first-order valence-corrected chi connectivity index (χ1v) is 10.2. The third-order valence-corrected chi connectivity index (χ3v) is 5.31. The van der Waals surface area contributed by atoms with Crippen LogP contribution in [0.1, 0.15) is 10.4 Å². The summed E-state index contributed by atoms with van der Waals surface area (Å²) in [4.78, 5) is 26.0. The molecule has 0 aromatic heterocycles. The van der Waals surface area contributed by atoms with Crippen LogP contribution in [-0.2, 0) is 4.74 Å². The molecule has 1 amide bonds. The topological polar surface area (TPSA) is 96.7 Å². The van der Waals surface area contributed by atoms with Crippen molar-refractivity contribution >= 4 is 33.7 Å². The van der Waals surface area contributed by atoms with Gasteiger partial charge in [-0.1, -0.05) is 30.3 Å². The monoisotopic (exact) mass is 420 g/mol. The van der Waals surface area contributed by atoms with Gasteiger partial charge in [-0.15, -0.1) is 0 Å². The molecule has 1 aliphatic rings. The van der Waals surface area contributed by atoms with Crippen LogP contribution >= 0.6 is 0 Å². The Hall–Kier alpha value is -3.49. The predicted molar refractivity (Wildman–Crippen MR) is 121 cm³/mol. The highest BCUT2D eigenvalue weighted by molar-refractivity contribution is 6.06. The standard InChI is InChI=1S/C23H24N4O4/c28-23(25-20-7-5-17-3-1-2-4-18(17)15-20)19-6-8-21(22(16-19)27(29)30)24-9-10-26-11-13-31-14-12-26/h1-8,15-16,24H,9-14H2,(H,25,28). The van der Waals surface area contributed by atoms with Gasteiger partial charge in [-0.2, -0.15) is 0 Å². The molecule has 2 N–H and O–H groups in total. The second-order valence-electron chi connectivity index (χ2n) is 7.39. The number of amides is 1. The van der Waals surface area contributed by atoms with E-state index < -0.39 is 10.8 Å². The van der Waals surface area contributed by atoms with Gasteiger partial charge < -0.3 is 15.4 Å². The van der Waals surface area contributed by atoms with Gasteiger partial charge in [0, 0.05) is 43.5 Å². The van der Waals surface area contributed by atoms with Gasteiger partial charge in [-0.05, 0) is 35.0 Å². The van der Waals surface area contributed by atoms with Crippen LogP contribution in [0.2, 0.25) is 0 Å². The Bertz CT molecular complexity index is 1100. The van der Waals surface area contributed by atoms with Crippen molar-refractivity contribution in [3.63, 3.8) is 0 Å². The van der Waals surface area contributed by atoms with Gasteiger partial charge in [0.15, 0.2) is 0 Å². The smallest absolute Gasteiger partial charge is 0.293 e. The van der Waals surface area contributed by atoms with Crippen molar-refractivity contribution < 1.29 is 14.5 Å². The summed E-state index contributed by atoms with van der Waals surface area (Å²) in [5, 5.41) is 19.6. The molecule has 1 aliphatic heterocycles. The van der Waals surface area contributed by atoms with E-state index in [1.165, 1.54) is 6.07 Å². The molecule has 1 fully saturated rings. The number of nitro benzene ring substituents is 1. The third kappa shape index (κ3) is 5.17. The van der Waals surface area contributed by atoms with Gasteiger partial charge in [0.1, 0.15) is 5.69 Å². The molecule has 0 bridgehead atoms. The summed E-state index contributed by atoms with van der Waals surface area (Å²) in [6, 6.07) is 18.0. The molecule has 1 heterocycles. The predicted octanol–water partition coefficient (Wildman–Crippen LogP) is 3.74. The van der Waals surface area contributed by atoms with Crippen LogP contribution in [0.25, 0.3) is 10.8 Å². The Kier molecular flexibility index (Phi) is 6.40. The SMILES string of the molecule is O=C(Nc1ccc2ccccc2c1)c1ccc(NCCN2CCOCC2)c([N+](=O)[O-])c1. The van der Waals surface area contributed by atoms with Gasteiger partial charge >= 0.3 is 0 Å². The van der Waals surface area contributed by atoms with Crippen LogP contribution in [0.3, 0.4) is 0 Å². The number of nitro groups is 1. The molecule has 0 aliphatic carbocycles. The number of nitrogens with zero attached hydrogens (tertiary/aromatic N) is 2. The normalized spacial score (nSPS) is 14.3. The van der Waals surface area contributed by atoms with Crippen molar-refractivity contribution in [1.29, 1.82) is 0 Å². The van der Waals surface area contributed by atoms with E-state index in [1.807, 2.05) is 42.5 Å². The Morgan fingerprint density at radius 2 is 1.81 bits per heavy atom. The molecule has 160 valence electrons. The van der Waals surface area contributed by atoms with Crippen LogP contribution in [-0.4, -0.2) is 55.1 Å². The molecule has 0 unspecified atom stereocenters. The highest BCUT2D eigenvalue weighted by atomic mass is 16.6. The number of carbonyl (C=O) groups is 1. The maximum Gasteiger partial charge on any atom is 0.293 e. The molecule has 3 aromatic rings. The molecule has 0 atom stereocenters. The number of rotatable bonds is 7. The lowest BCUT2D eigenvalue weighted by molar-refractivity contribution is -0.384.